The van der Waals surface area contributed by atoms with Crippen LogP contribution < -0.4 is 0 Å². The molecular formula is C8H6N4. The van der Waals surface area contributed by atoms with Crippen LogP contribution in [0.2, 0.25) is 0 Å². The first-order valence-electron chi connectivity index (χ1n) is 3.35. The lowest BCUT2D eigenvalue weighted by molar-refractivity contribution is 0.980. The highest BCUT2D eigenvalue weighted by Crippen LogP contribution is 2.10. The van der Waals surface area contributed by atoms with Crippen molar-refractivity contribution < 1.29 is 0 Å². The molecule has 1 aromatic rings. The fraction of sp³-hybridized carbons (Fsp3) is 0.250. The van der Waals surface area contributed by atoms with Crippen LogP contribution in [0, 0.1) is 29.6 Å². The Bertz CT molecular complexity index is 327. The van der Waals surface area contributed by atoms with Crippen LogP contribution in [0.3, 0.4) is 0 Å². The first kappa shape index (κ1) is 8.16. The predicted octanol–water partition coefficient (Wildman–Crippen LogP) is 0.916. The van der Waals surface area contributed by atoms with Crippen LogP contribution in [0.4, 0.5) is 0 Å². The number of hydrogen-bond acceptors (Lipinski definition) is 4. The van der Waals surface area contributed by atoms with Crippen molar-refractivity contribution in [1.29, 1.82) is 10.5 Å². The number of nitrogens with zero attached hydrogens (tertiary/aromatic N) is 4. The highest BCUT2D eigenvalue weighted by molar-refractivity contribution is 5.26. The number of aryl methyl sites for hydroxylation is 1. The van der Waals surface area contributed by atoms with E-state index < -0.39 is 5.92 Å². The van der Waals surface area contributed by atoms with Gasteiger partial charge in [0, 0.05) is 18.0 Å². The molecule has 0 bridgehead atoms. The monoisotopic (exact) mass is 158 g/mol. The van der Waals surface area contributed by atoms with Crippen molar-refractivity contribution in [2.24, 2.45) is 0 Å². The molecule has 0 spiro atoms. The Morgan fingerprint density at radius 2 is 1.75 bits per heavy atom. The third-order valence-electron chi connectivity index (χ3n) is 1.39. The summed E-state index contributed by atoms with van der Waals surface area (Å²) in [5.74, 6) is -0.126. The summed E-state index contributed by atoms with van der Waals surface area (Å²) < 4.78 is 0. The zero-order valence-electron chi connectivity index (χ0n) is 6.52. The Kier molecular flexibility index (Phi) is 2.35. The largest absolute Gasteiger partial charge is 0.241 e. The summed E-state index contributed by atoms with van der Waals surface area (Å²) in [6, 6.07) is 3.69. The van der Waals surface area contributed by atoms with Gasteiger partial charge in [0.15, 0.2) is 5.92 Å². The molecule has 58 valence electrons. The third-order valence-corrected chi connectivity index (χ3v) is 1.39. The predicted molar refractivity (Wildman–Crippen MR) is 40.7 cm³/mol. The van der Waals surface area contributed by atoms with Crippen molar-refractivity contribution in [3.8, 4) is 12.1 Å². The maximum Gasteiger partial charge on any atom is 0.161 e. The number of aromatic nitrogens is 2. The second-order valence-corrected chi connectivity index (χ2v) is 2.25. The Labute approximate surface area is 70.1 Å². The van der Waals surface area contributed by atoms with Gasteiger partial charge in [-0.05, 0) is 6.92 Å². The highest BCUT2D eigenvalue weighted by Gasteiger charge is 2.08. The van der Waals surface area contributed by atoms with Gasteiger partial charge in [0.05, 0.1) is 12.1 Å². The second-order valence-electron chi connectivity index (χ2n) is 2.25. The Hall–Kier alpha value is -1.94. The maximum atomic E-state index is 8.52. The van der Waals surface area contributed by atoms with Crippen LogP contribution in [0.25, 0.3) is 0 Å². The van der Waals surface area contributed by atoms with E-state index in [1.54, 1.807) is 6.92 Å². The molecule has 12 heavy (non-hydrogen) atoms. The summed E-state index contributed by atoms with van der Waals surface area (Å²) in [5, 5.41) is 17.0. The minimum atomic E-state index is -0.759. The second kappa shape index (κ2) is 3.45. The SMILES string of the molecule is Cc1ncc(C(C#N)C#N)cn1. The van der Waals surface area contributed by atoms with Crippen LogP contribution in [0.5, 0.6) is 0 Å². The molecule has 0 saturated carbocycles. The van der Waals surface area contributed by atoms with Gasteiger partial charge in [-0.25, -0.2) is 9.97 Å². The van der Waals surface area contributed by atoms with Gasteiger partial charge < -0.3 is 0 Å². The minimum absolute atomic E-state index is 0.547. The molecule has 0 N–H and O–H groups in total. The van der Waals surface area contributed by atoms with E-state index in [4.69, 9.17) is 10.5 Å². The van der Waals surface area contributed by atoms with E-state index in [-0.39, 0.29) is 0 Å². The molecule has 0 aliphatic heterocycles. The van der Waals surface area contributed by atoms with Crippen molar-refractivity contribution in [2.75, 3.05) is 0 Å². The molecule has 4 heteroatoms. The average molecular weight is 158 g/mol. The van der Waals surface area contributed by atoms with Gasteiger partial charge in [-0.3, -0.25) is 0 Å². The fourth-order valence-electron chi connectivity index (χ4n) is 0.730. The summed E-state index contributed by atoms with van der Waals surface area (Å²) in [7, 11) is 0. The van der Waals surface area contributed by atoms with Gasteiger partial charge in [0.25, 0.3) is 0 Å². The topological polar surface area (TPSA) is 73.4 Å². The van der Waals surface area contributed by atoms with Crippen molar-refractivity contribution in [3.63, 3.8) is 0 Å². The summed E-state index contributed by atoms with van der Waals surface area (Å²) in [6.45, 7) is 1.75. The van der Waals surface area contributed by atoms with E-state index in [1.807, 2.05) is 12.1 Å². The molecule has 0 saturated heterocycles. The summed E-state index contributed by atoms with van der Waals surface area (Å²) in [4.78, 5) is 7.77. The van der Waals surface area contributed by atoms with Gasteiger partial charge in [0.2, 0.25) is 0 Å². The van der Waals surface area contributed by atoms with Crippen LogP contribution >= 0.6 is 0 Å². The average Bonchev–Trinajstić information content (AvgIpc) is 2.10. The van der Waals surface area contributed by atoms with E-state index in [1.165, 1.54) is 12.4 Å². The van der Waals surface area contributed by atoms with E-state index in [2.05, 4.69) is 9.97 Å². The first-order chi connectivity index (χ1) is 5.77. The number of hydrogen-bond donors (Lipinski definition) is 0. The highest BCUT2D eigenvalue weighted by atomic mass is 14.8. The summed E-state index contributed by atoms with van der Waals surface area (Å²) in [6.07, 6.45) is 3.00. The molecule has 0 unspecified atom stereocenters. The smallest absolute Gasteiger partial charge is 0.161 e. The molecule has 4 nitrogen and oxygen atoms in total. The molecule has 0 radical (unpaired) electrons. The van der Waals surface area contributed by atoms with E-state index in [9.17, 15) is 0 Å². The fourth-order valence-corrected chi connectivity index (χ4v) is 0.730. The van der Waals surface area contributed by atoms with E-state index >= 15 is 0 Å². The normalized spacial score (nSPS) is 9.00. The standard InChI is InChI=1S/C8H6N4/c1-6-11-4-8(5-12-6)7(2-9)3-10/h4-5,7H,1H3. The molecule has 0 aliphatic rings. The number of rotatable bonds is 1. The molecule has 1 aromatic heterocycles. The Morgan fingerprint density at radius 1 is 1.25 bits per heavy atom. The Balaban J connectivity index is 2.99. The van der Waals surface area contributed by atoms with Crippen molar-refractivity contribution in [3.05, 3.63) is 23.8 Å². The zero-order valence-corrected chi connectivity index (χ0v) is 6.52. The van der Waals surface area contributed by atoms with Gasteiger partial charge in [-0.2, -0.15) is 10.5 Å². The summed E-state index contributed by atoms with van der Waals surface area (Å²) in [5.41, 5.74) is 0.547. The minimum Gasteiger partial charge on any atom is -0.241 e. The lowest BCUT2D eigenvalue weighted by atomic mass is 10.1. The zero-order chi connectivity index (χ0) is 8.97. The molecular weight excluding hydrogens is 152 g/mol. The lowest BCUT2D eigenvalue weighted by Crippen LogP contribution is -1.95. The van der Waals surface area contributed by atoms with E-state index in [0.29, 0.717) is 11.4 Å². The number of nitriles is 2. The molecule has 0 amide bonds. The lowest BCUT2D eigenvalue weighted by Gasteiger charge is -1.97. The van der Waals surface area contributed by atoms with Crippen LogP contribution in [0.1, 0.15) is 17.3 Å². The van der Waals surface area contributed by atoms with Gasteiger partial charge in [0.1, 0.15) is 5.82 Å². The maximum absolute atomic E-state index is 8.52. The Morgan fingerprint density at radius 3 is 2.17 bits per heavy atom. The van der Waals surface area contributed by atoms with Crippen molar-refractivity contribution in [2.45, 2.75) is 12.8 Å². The van der Waals surface area contributed by atoms with Gasteiger partial charge in [-0.15, -0.1) is 0 Å². The van der Waals surface area contributed by atoms with Crippen LogP contribution in [-0.2, 0) is 0 Å². The third kappa shape index (κ3) is 1.56. The van der Waals surface area contributed by atoms with Gasteiger partial charge in [-0.1, -0.05) is 0 Å². The molecule has 0 aliphatic carbocycles. The molecule has 1 heterocycles. The summed E-state index contributed by atoms with van der Waals surface area (Å²) >= 11 is 0. The molecule has 0 aromatic carbocycles. The van der Waals surface area contributed by atoms with Crippen LogP contribution in [0.15, 0.2) is 12.4 Å². The van der Waals surface area contributed by atoms with Gasteiger partial charge >= 0.3 is 0 Å². The van der Waals surface area contributed by atoms with E-state index in [0.717, 1.165) is 0 Å². The van der Waals surface area contributed by atoms with Crippen LogP contribution in [-0.4, -0.2) is 9.97 Å². The van der Waals surface area contributed by atoms with Crippen molar-refractivity contribution in [1.82, 2.24) is 9.97 Å². The first-order valence-corrected chi connectivity index (χ1v) is 3.35. The molecule has 0 atom stereocenters. The molecule has 1 rings (SSSR count). The molecule has 0 fully saturated rings. The quantitative estimate of drug-likeness (QED) is 0.609. The van der Waals surface area contributed by atoms with Crippen molar-refractivity contribution >= 4 is 0 Å².